The fourth-order valence-corrected chi connectivity index (χ4v) is 1.64. The summed E-state index contributed by atoms with van der Waals surface area (Å²) in [4.78, 5) is 5.01. The van der Waals surface area contributed by atoms with Crippen LogP contribution in [0, 0.1) is 11.3 Å². The minimum absolute atomic E-state index is 0.0667. The molecular formula is C16H10F3N2O2. The van der Waals surface area contributed by atoms with Gasteiger partial charge in [0.1, 0.15) is 18.6 Å². The molecule has 1 radical (unpaired) electrons. The lowest BCUT2D eigenvalue weighted by atomic mass is 10.1. The molecule has 2 aromatic rings. The Labute approximate surface area is 130 Å². The molecule has 2 rings (SSSR count). The summed E-state index contributed by atoms with van der Waals surface area (Å²) in [5.74, 6) is -0.301. The van der Waals surface area contributed by atoms with Crippen LogP contribution in [0.1, 0.15) is 16.7 Å². The minimum atomic E-state index is -4.71. The Morgan fingerprint density at radius 2 is 1.74 bits per heavy atom. The van der Waals surface area contributed by atoms with Crippen LogP contribution in [-0.4, -0.2) is 12.6 Å². The molecule has 0 bridgehead atoms. The van der Waals surface area contributed by atoms with Gasteiger partial charge in [0.25, 0.3) is 0 Å². The zero-order valence-corrected chi connectivity index (χ0v) is 11.7. The molecule has 0 unspecified atom stereocenters. The van der Waals surface area contributed by atoms with Crippen LogP contribution in [0.2, 0.25) is 0 Å². The van der Waals surface area contributed by atoms with Crippen molar-refractivity contribution in [2.75, 3.05) is 0 Å². The SMILES string of the molecule is N#Cc1cccc(/[C]=N\OCc2ccc(OC(F)(F)F)cc2)c1. The number of hydrogen-bond donors (Lipinski definition) is 0. The van der Waals surface area contributed by atoms with Crippen LogP contribution >= 0.6 is 0 Å². The fourth-order valence-electron chi connectivity index (χ4n) is 1.64. The van der Waals surface area contributed by atoms with Crippen molar-refractivity contribution in [3.63, 3.8) is 0 Å². The molecule has 0 aliphatic rings. The first-order valence-electron chi connectivity index (χ1n) is 6.39. The Morgan fingerprint density at radius 3 is 2.39 bits per heavy atom. The van der Waals surface area contributed by atoms with Crippen molar-refractivity contribution in [3.05, 3.63) is 65.2 Å². The van der Waals surface area contributed by atoms with Crippen molar-refractivity contribution >= 4 is 6.21 Å². The van der Waals surface area contributed by atoms with Gasteiger partial charge in [-0.3, -0.25) is 0 Å². The molecule has 0 saturated carbocycles. The van der Waals surface area contributed by atoms with Gasteiger partial charge in [0, 0.05) is 5.56 Å². The maximum Gasteiger partial charge on any atom is 0.573 e. The van der Waals surface area contributed by atoms with Crippen molar-refractivity contribution in [1.82, 2.24) is 0 Å². The number of benzene rings is 2. The van der Waals surface area contributed by atoms with Gasteiger partial charge >= 0.3 is 6.36 Å². The normalized spacial score (nSPS) is 11.2. The summed E-state index contributed by atoms with van der Waals surface area (Å²) in [7, 11) is 0. The van der Waals surface area contributed by atoms with Crippen LogP contribution in [-0.2, 0) is 11.4 Å². The summed E-state index contributed by atoms with van der Waals surface area (Å²) in [6.45, 7) is 0.0667. The van der Waals surface area contributed by atoms with E-state index in [2.05, 4.69) is 16.1 Å². The number of alkyl halides is 3. The highest BCUT2D eigenvalue weighted by Gasteiger charge is 2.30. The maximum absolute atomic E-state index is 12.0. The molecule has 0 aromatic heterocycles. The molecule has 0 spiro atoms. The molecule has 0 amide bonds. The quantitative estimate of drug-likeness (QED) is 0.621. The summed E-state index contributed by atoms with van der Waals surface area (Å²) in [5, 5.41) is 12.4. The van der Waals surface area contributed by atoms with Gasteiger partial charge in [0.15, 0.2) is 0 Å². The van der Waals surface area contributed by atoms with Crippen molar-refractivity contribution < 1.29 is 22.7 Å². The lowest BCUT2D eigenvalue weighted by Crippen LogP contribution is -2.17. The fraction of sp³-hybridized carbons (Fsp3) is 0.125. The van der Waals surface area contributed by atoms with E-state index < -0.39 is 6.36 Å². The molecule has 117 valence electrons. The molecular weight excluding hydrogens is 309 g/mol. The van der Waals surface area contributed by atoms with E-state index in [4.69, 9.17) is 10.1 Å². The second kappa shape index (κ2) is 7.31. The molecule has 0 heterocycles. The second-order valence-corrected chi connectivity index (χ2v) is 4.36. The molecule has 0 atom stereocenters. The van der Waals surface area contributed by atoms with Gasteiger partial charge < -0.3 is 9.57 Å². The molecule has 23 heavy (non-hydrogen) atoms. The lowest BCUT2D eigenvalue weighted by molar-refractivity contribution is -0.274. The van der Waals surface area contributed by atoms with Crippen LogP contribution in [0.4, 0.5) is 13.2 Å². The van der Waals surface area contributed by atoms with Gasteiger partial charge in [0.2, 0.25) is 0 Å². The van der Waals surface area contributed by atoms with Crippen LogP contribution < -0.4 is 4.74 Å². The van der Waals surface area contributed by atoms with E-state index in [0.29, 0.717) is 16.7 Å². The van der Waals surface area contributed by atoms with Crippen molar-refractivity contribution in [2.45, 2.75) is 13.0 Å². The van der Waals surface area contributed by atoms with Gasteiger partial charge in [-0.1, -0.05) is 29.4 Å². The third-order valence-corrected chi connectivity index (χ3v) is 2.62. The Kier molecular flexibility index (Phi) is 5.20. The Hall–Kier alpha value is -3.01. The molecule has 7 heteroatoms. The summed E-state index contributed by atoms with van der Waals surface area (Å²) >= 11 is 0. The van der Waals surface area contributed by atoms with E-state index in [1.54, 1.807) is 24.3 Å². The topological polar surface area (TPSA) is 54.6 Å². The molecule has 4 nitrogen and oxygen atoms in total. The van der Waals surface area contributed by atoms with Crippen LogP contribution in [0.15, 0.2) is 53.7 Å². The van der Waals surface area contributed by atoms with Crippen molar-refractivity contribution in [2.24, 2.45) is 5.16 Å². The average molecular weight is 319 g/mol. The zero-order chi connectivity index (χ0) is 16.7. The van der Waals surface area contributed by atoms with E-state index in [0.717, 1.165) is 0 Å². The molecule has 0 fully saturated rings. The van der Waals surface area contributed by atoms with Crippen molar-refractivity contribution in [1.29, 1.82) is 5.26 Å². The predicted octanol–water partition coefficient (Wildman–Crippen LogP) is 3.88. The summed E-state index contributed by atoms with van der Waals surface area (Å²) in [5.41, 5.74) is 1.68. The van der Waals surface area contributed by atoms with Crippen LogP contribution in [0.3, 0.4) is 0 Å². The summed E-state index contributed by atoms with van der Waals surface area (Å²) < 4.78 is 39.8. The largest absolute Gasteiger partial charge is 0.573 e. The van der Waals surface area contributed by atoms with Gasteiger partial charge in [0.05, 0.1) is 11.6 Å². The van der Waals surface area contributed by atoms with Crippen LogP contribution in [0.25, 0.3) is 0 Å². The van der Waals surface area contributed by atoms with E-state index >= 15 is 0 Å². The number of halogens is 3. The second-order valence-electron chi connectivity index (χ2n) is 4.36. The highest BCUT2D eigenvalue weighted by atomic mass is 19.4. The van der Waals surface area contributed by atoms with E-state index in [-0.39, 0.29) is 12.4 Å². The van der Waals surface area contributed by atoms with E-state index in [9.17, 15) is 13.2 Å². The van der Waals surface area contributed by atoms with Gasteiger partial charge in [-0.2, -0.15) is 5.26 Å². The van der Waals surface area contributed by atoms with Crippen molar-refractivity contribution in [3.8, 4) is 11.8 Å². The minimum Gasteiger partial charge on any atom is -0.406 e. The maximum atomic E-state index is 12.0. The average Bonchev–Trinajstić information content (AvgIpc) is 2.52. The first-order valence-corrected chi connectivity index (χ1v) is 6.39. The summed E-state index contributed by atoms with van der Waals surface area (Å²) in [6.07, 6.45) is -2.10. The first-order chi connectivity index (χ1) is 11.0. The molecule has 0 aliphatic heterocycles. The number of nitrogens with zero attached hydrogens (tertiary/aromatic N) is 2. The Balaban J connectivity index is 1.86. The number of rotatable bonds is 5. The molecule has 0 saturated heterocycles. The van der Waals surface area contributed by atoms with E-state index in [1.807, 2.05) is 6.07 Å². The molecule has 0 N–H and O–H groups in total. The van der Waals surface area contributed by atoms with Gasteiger partial charge in [-0.25, -0.2) is 0 Å². The standard InChI is InChI=1S/C16H10F3N2O2/c17-16(18,19)23-15-6-4-12(5-7-15)11-22-21-10-14-3-1-2-13(8-14)9-20/h1-8H,11H2. The number of ether oxygens (including phenoxy) is 1. The van der Waals surface area contributed by atoms with Gasteiger partial charge in [-0.15, -0.1) is 13.2 Å². The van der Waals surface area contributed by atoms with E-state index in [1.165, 1.54) is 24.3 Å². The highest BCUT2D eigenvalue weighted by Crippen LogP contribution is 2.22. The smallest absolute Gasteiger partial charge is 0.406 e. The molecule has 0 aliphatic carbocycles. The third kappa shape index (κ3) is 5.71. The third-order valence-electron chi connectivity index (χ3n) is 2.62. The number of nitriles is 1. The predicted molar refractivity (Wildman–Crippen MR) is 75.6 cm³/mol. The monoisotopic (exact) mass is 319 g/mol. The lowest BCUT2D eigenvalue weighted by Gasteiger charge is -2.08. The highest BCUT2D eigenvalue weighted by molar-refractivity contribution is 5.79. The number of hydrogen-bond acceptors (Lipinski definition) is 4. The Bertz CT molecular complexity index is 719. The first kappa shape index (κ1) is 16.4. The van der Waals surface area contributed by atoms with Gasteiger partial charge in [-0.05, 0) is 29.8 Å². The molecule has 2 aromatic carbocycles. The Morgan fingerprint density at radius 1 is 1.04 bits per heavy atom. The van der Waals surface area contributed by atoms with Crippen LogP contribution in [0.5, 0.6) is 5.75 Å². The summed E-state index contributed by atoms with van der Waals surface area (Å²) in [6, 6.07) is 13.9. The zero-order valence-electron chi connectivity index (χ0n) is 11.7.